The molecular formula is C21H23N3O5. The smallest absolute Gasteiger partial charge is 0.293 e. The van der Waals surface area contributed by atoms with Crippen molar-refractivity contribution >= 4 is 17.3 Å². The number of amides is 1. The van der Waals surface area contributed by atoms with Crippen LogP contribution in [0.4, 0.5) is 11.4 Å². The van der Waals surface area contributed by atoms with Crippen molar-refractivity contribution in [3.8, 4) is 5.75 Å². The highest BCUT2D eigenvalue weighted by atomic mass is 16.6. The van der Waals surface area contributed by atoms with Crippen LogP contribution in [0.1, 0.15) is 33.9 Å². The number of hydrogen-bond acceptors (Lipinski definition) is 6. The first-order chi connectivity index (χ1) is 14.1. The lowest BCUT2D eigenvalue weighted by Crippen LogP contribution is -2.40. The number of rotatable bonds is 5. The summed E-state index contributed by atoms with van der Waals surface area (Å²) < 4.78 is 10.7. The molecule has 152 valence electrons. The third-order valence-corrected chi connectivity index (χ3v) is 5.52. The van der Waals surface area contributed by atoms with Gasteiger partial charge < -0.3 is 19.7 Å². The normalized spacial score (nSPS) is 18.2. The molecule has 8 heteroatoms. The van der Waals surface area contributed by atoms with Crippen LogP contribution >= 0.6 is 0 Å². The highest BCUT2D eigenvalue weighted by Gasteiger charge is 2.28. The van der Waals surface area contributed by atoms with Gasteiger partial charge in [-0.2, -0.15) is 0 Å². The second-order valence-electron chi connectivity index (χ2n) is 7.16. The molecule has 2 aromatic rings. The molecule has 1 fully saturated rings. The van der Waals surface area contributed by atoms with Crippen molar-refractivity contribution in [3.63, 3.8) is 0 Å². The number of nitro groups is 1. The molecule has 29 heavy (non-hydrogen) atoms. The Bertz CT molecular complexity index is 940. The van der Waals surface area contributed by atoms with Gasteiger partial charge in [0.15, 0.2) is 0 Å². The van der Waals surface area contributed by atoms with Gasteiger partial charge in [-0.05, 0) is 42.2 Å². The van der Waals surface area contributed by atoms with E-state index in [9.17, 15) is 14.9 Å². The molecule has 8 nitrogen and oxygen atoms in total. The van der Waals surface area contributed by atoms with E-state index in [4.69, 9.17) is 9.47 Å². The first kappa shape index (κ1) is 19.2. The van der Waals surface area contributed by atoms with Crippen LogP contribution in [0.2, 0.25) is 0 Å². The molecule has 0 bridgehead atoms. The minimum Gasteiger partial charge on any atom is -0.496 e. The van der Waals surface area contributed by atoms with Crippen molar-refractivity contribution in [2.24, 2.45) is 0 Å². The van der Waals surface area contributed by atoms with Crippen LogP contribution in [0.25, 0.3) is 0 Å². The molecule has 1 aliphatic heterocycles. The van der Waals surface area contributed by atoms with Crippen molar-refractivity contribution < 1.29 is 19.2 Å². The van der Waals surface area contributed by atoms with Crippen molar-refractivity contribution in [1.29, 1.82) is 0 Å². The molecular weight excluding hydrogens is 374 g/mol. The number of benzene rings is 2. The highest BCUT2D eigenvalue weighted by Crippen LogP contribution is 2.40. The molecule has 0 saturated carbocycles. The van der Waals surface area contributed by atoms with Gasteiger partial charge in [-0.1, -0.05) is 12.1 Å². The lowest BCUT2D eigenvalue weighted by Gasteiger charge is -2.27. The molecule has 1 heterocycles. The fourth-order valence-corrected chi connectivity index (χ4v) is 4.04. The maximum absolute atomic E-state index is 12.7. The lowest BCUT2D eigenvalue weighted by molar-refractivity contribution is -0.384. The summed E-state index contributed by atoms with van der Waals surface area (Å²) >= 11 is 0. The van der Waals surface area contributed by atoms with Gasteiger partial charge >= 0.3 is 0 Å². The zero-order valence-corrected chi connectivity index (χ0v) is 16.2. The number of hydrogen-bond donors (Lipinski definition) is 1. The summed E-state index contributed by atoms with van der Waals surface area (Å²) in [7, 11) is 1.64. The molecule has 1 saturated heterocycles. The quantitative estimate of drug-likeness (QED) is 0.615. The lowest BCUT2D eigenvalue weighted by atomic mass is 10.1. The number of carbonyl (C=O) groups excluding carboxylic acids is 1. The van der Waals surface area contributed by atoms with E-state index in [2.05, 4.69) is 5.32 Å². The summed E-state index contributed by atoms with van der Waals surface area (Å²) in [5, 5.41) is 15.0. The minimum absolute atomic E-state index is 0.0420. The predicted molar refractivity (Wildman–Crippen MR) is 107 cm³/mol. The summed E-state index contributed by atoms with van der Waals surface area (Å²) in [6.45, 7) is 1.96. The third kappa shape index (κ3) is 3.75. The van der Waals surface area contributed by atoms with E-state index in [1.165, 1.54) is 6.07 Å². The largest absolute Gasteiger partial charge is 0.496 e. The second kappa shape index (κ2) is 8.08. The molecule has 0 radical (unpaired) electrons. The fourth-order valence-electron chi connectivity index (χ4n) is 4.04. The molecule has 2 aliphatic rings. The molecule has 1 unspecified atom stereocenters. The summed E-state index contributed by atoms with van der Waals surface area (Å²) in [6, 6.07) is 10.5. The number of morpholine rings is 1. The highest BCUT2D eigenvalue weighted by molar-refractivity contribution is 5.95. The number of nitrogens with zero attached hydrogens (tertiary/aromatic N) is 2. The van der Waals surface area contributed by atoms with Crippen molar-refractivity contribution in [1.82, 2.24) is 4.90 Å². The maximum Gasteiger partial charge on any atom is 0.293 e. The molecule has 1 aliphatic carbocycles. The van der Waals surface area contributed by atoms with E-state index in [-0.39, 0.29) is 17.6 Å². The number of fused-ring (bicyclic) bond motifs is 1. The van der Waals surface area contributed by atoms with E-state index in [1.54, 1.807) is 24.1 Å². The Morgan fingerprint density at radius 2 is 2.07 bits per heavy atom. The van der Waals surface area contributed by atoms with Gasteiger partial charge in [-0.3, -0.25) is 14.9 Å². The topological polar surface area (TPSA) is 93.9 Å². The Morgan fingerprint density at radius 3 is 2.79 bits per heavy atom. The van der Waals surface area contributed by atoms with E-state index < -0.39 is 4.92 Å². The van der Waals surface area contributed by atoms with Gasteiger partial charge in [0.1, 0.15) is 11.4 Å². The van der Waals surface area contributed by atoms with Gasteiger partial charge in [-0.25, -0.2) is 0 Å². The number of nitro benzene ring substituents is 1. The SMILES string of the molecule is COc1cccc2c1CCC2Nc1ccc(C(=O)N2CCOCC2)cc1[N+](=O)[O-]. The van der Waals surface area contributed by atoms with E-state index >= 15 is 0 Å². The van der Waals surface area contributed by atoms with Crippen LogP contribution in [0.5, 0.6) is 5.75 Å². The number of nitrogens with one attached hydrogen (secondary N) is 1. The molecule has 0 aromatic heterocycles. The van der Waals surface area contributed by atoms with Crippen molar-refractivity contribution in [3.05, 3.63) is 63.2 Å². The zero-order chi connectivity index (χ0) is 20.4. The van der Waals surface area contributed by atoms with Gasteiger partial charge in [0, 0.05) is 24.7 Å². The number of carbonyl (C=O) groups is 1. The molecule has 1 atom stereocenters. The Balaban J connectivity index is 1.59. The number of methoxy groups -OCH3 is 1. The zero-order valence-electron chi connectivity index (χ0n) is 16.2. The van der Waals surface area contributed by atoms with Crippen LogP contribution in [0, 0.1) is 10.1 Å². The van der Waals surface area contributed by atoms with Crippen molar-refractivity contribution in [2.45, 2.75) is 18.9 Å². The maximum atomic E-state index is 12.7. The van der Waals surface area contributed by atoms with E-state index in [0.717, 1.165) is 29.7 Å². The average molecular weight is 397 g/mol. The summed E-state index contributed by atoms with van der Waals surface area (Å²) in [5.74, 6) is 0.631. The first-order valence-electron chi connectivity index (χ1n) is 9.66. The third-order valence-electron chi connectivity index (χ3n) is 5.52. The monoisotopic (exact) mass is 397 g/mol. The van der Waals surface area contributed by atoms with Crippen LogP contribution in [-0.2, 0) is 11.2 Å². The molecule has 1 N–H and O–H groups in total. The molecule has 1 amide bonds. The summed E-state index contributed by atoms with van der Waals surface area (Å²) in [5.41, 5.74) is 2.86. The standard InChI is InChI=1S/C21H23N3O5/c1-28-20-4-2-3-15-16(20)6-8-17(15)22-18-7-5-14(13-19(18)24(26)27)21(25)23-9-11-29-12-10-23/h2-5,7,13,17,22H,6,8-12H2,1H3. The van der Waals surface area contributed by atoms with E-state index in [1.807, 2.05) is 18.2 Å². The van der Waals surface area contributed by atoms with Crippen LogP contribution in [0.3, 0.4) is 0 Å². The average Bonchev–Trinajstić information content (AvgIpc) is 3.17. The Labute approximate surface area is 168 Å². The van der Waals surface area contributed by atoms with Gasteiger partial charge in [0.25, 0.3) is 11.6 Å². The van der Waals surface area contributed by atoms with Crippen molar-refractivity contribution in [2.75, 3.05) is 38.7 Å². The van der Waals surface area contributed by atoms with E-state index in [0.29, 0.717) is 37.6 Å². The fraction of sp³-hybridized carbons (Fsp3) is 0.381. The van der Waals surface area contributed by atoms with Crippen LogP contribution in [0.15, 0.2) is 36.4 Å². The van der Waals surface area contributed by atoms with Crippen LogP contribution < -0.4 is 10.1 Å². The molecule has 0 spiro atoms. The van der Waals surface area contributed by atoms with Gasteiger partial charge in [0.2, 0.25) is 0 Å². The van der Waals surface area contributed by atoms with Gasteiger partial charge in [-0.15, -0.1) is 0 Å². The molecule has 4 rings (SSSR count). The number of anilines is 1. The summed E-state index contributed by atoms with van der Waals surface area (Å²) in [6.07, 6.45) is 1.67. The molecule has 2 aromatic carbocycles. The summed E-state index contributed by atoms with van der Waals surface area (Å²) in [4.78, 5) is 25.6. The first-order valence-corrected chi connectivity index (χ1v) is 9.66. The second-order valence-corrected chi connectivity index (χ2v) is 7.16. The Kier molecular flexibility index (Phi) is 5.35. The Morgan fingerprint density at radius 1 is 1.28 bits per heavy atom. The van der Waals surface area contributed by atoms with Gasteiger partial charge in [0.05, 0.1) is 31.3 Å². The predicted octanol–water partition coefficient (Wildman–Crippen LogP) is 3.18. The number of ether oxygens (including phenoxy) is 2. The van der Waals surface area contributed by atoms with Crippen LogP contribution in [-0.4, -0.2) is 49.1 Å². The minimum atomic E-state index is -0.445. The Hall–Kier alpha value is -3.13.